The fourth-order valence-corrected chi connectivity index (χ4v) is 5.94. The zero-order valence-electron chi connectivity index (χ0n) is 19.9. The predicted molar refractivity (Wildman–Crippen MR) is 141 cm³/mol. The van der Waals surface area contributed by atoms with E-state index in [0.29, 0.717) is 36.6 Å². The third kappa shape index (κ3) is 3.36. The first kappa shape index (κ1) is 21.6. The summed E-state index contributed by atoms with van der Waals surface area (Å²) in [7, 11) is 0. The van der Waals surface area contributed by atoms with Gasteiger partial charge < -0.3 is 20.5 Å². The topological polar surface area (TPSA) is 107 Å². The van der Waals surface area contributed by atoms with Gasteiger partial charge >= 0.3 is 0 Å². The second-order valence-corrected chi connectivity index (χ2v) is 9.88. The lowest BCUT2D eigenvalue weighted by molar-refractivity contribution is -0.120. The Morgan fingerprint density at radius 3 is 2.73 bits per heavy atom. The Labute approximate surface area is 212 Å². The van der Waals surface area contributed by atoms with E-state index in [2.05, 4.69) is 20.6 Å². The number of aromatic nitrogens is 2. The molecular weight excluding hydrogens is 466 g/mol. The van der Waals surface area contributed by atoms with Gasteiger partial charge in [0.1, 0.15) is 11.6 Å². The van der Waals surface area contributed by atoms with Crippen molar-refractivity contribution in [3.63, 3.8) is 0 Å². The highest BCUT2D eigenvalue weighted by molar-refractivity contribution is 6.08. The number of pyridine rings is 2. The van der Waals surface area contributed by atoms with E-state index in [1.807, 2.05) is 54.6 Å². The van der Waals surface area contributed by atoms with E-state index in [1.54, 1.807) is 17.2 Å². The number of hydrogen-bond donors (Lipinski definition) is 3. The normalized spacial score (nSPS) is 18.9. The zero-order chi connectivity index (χ0) is 25.1. The zero-order valence-corrected chi connectivity index (χ0v) is 19.9. The van der Waals surface area contributed by atoms with Crippen LogP contribution in [0.4, 0.5) is 23.0 Å². The average Bonchev–Trinajstić information content (AvgIpc) is 3.57. The summed E-state index contributed by atoms with van der Waals surface area (Å²) in [5, 5.41) is 6.18. The van der Waals surface area contributed by atoms with E-state index in [4.69, 9.17) is 0 Å². The summed E-state index contributed by atoms with van der Waals surface area (Å²) in [5.74, 6) is 0.850. The molecule has 8 heteroatoms. The van der Waals surface area contributed by atoms with Crippen molar-refractivity contribution >= 4 is 34.8 Å². The molecule has 0 saturated carbocycles. The highest BCUT2D eigenvalue weighted by atomic mass is 16.2. The van der Waals surface area contributed by atoms with E-state index >= 15 is 0 Å². The van der Waals surface area contributed by atoms with Gasteiger partial charge in [-0.3, -0.25) is 14.4 Å². The fraction of sp³-hybridized carbons (Fsp3) is 0.172. The summed E-state index contributed by atoms with van der Waals surface area (Å²) in [6.07, 6.45) is 3.67. The molecule has 182 valence electrons. The quantitative estimate of drug-likeness (QED) is 0.407. The maximum Gasteiger partial charge on any atom is 0.258 e. The number of carbonyl (C=O) groups excluding carboxylic acids is 2. The van der Waals surface area contributed by atoms with Gasteiger partial charge in [-0.1, -0.05) is 30.3 Å². The molecule has 7 rings (SSSR count). The molecule has 1 unspecified atom stereocenters. The molecular formula is C29H23N5O3. The monoisotopic (exact) mass is 489 g/mol. The molecule has 37 heavy (non-hydrogen) atoms. The maximum atomic E-state index is 13.3. The minimum absolute atomic E-state index is 0.0223. The Bertz CT molecular complexity index is 1680. The van der Waals surface area contributed by atoms with Crippen molar-refractivity contribution in [1.29, 1.82) is 0 Å². The molecule has 3 aliphatic rings. The van der Waals surface area contributed by atoms with Crippen LogP contribution < -0.4 is 21.1 Å². The first-order valence-corrected chi connectivity index (χ1v) is 12.3. The van der Waals surface area contributed by atoms with Gasteiger partial charge in [0.2, 0.25) is 11.5 Å². The van der Waals surface area contributed by atoms with Gasteiger partial charge in [0.25, 0.3) is 5.91 Å². The Kier molecular flexibility index (Phi) is 4.60. The molecule has 1 atom stereocenters. The number of benzene rings is 2. The molecule has 0 saturated heterocycles. The lowest BCUT2D eigenvalue weighted by atomic mass is 9.79. The fourth-order valence-electron chi connectivity index (χ4n) is 5.94. The standard InChI is InChI=1S/C29H23N5O3/c35-25-14-19(27(36)34-11-9-17-4-1-2-6-23(17)34)13-24(32-25)31-21-8-7-18-15-29(16-20(18)12-21)22-5-3-10-30-26(22)33-28(29)37/h1-8,10,12-14H,9,11,15-16H2,(H,30,33,37)(H2,31,32,35). The Morgan fingerprint density at radius 1 is 0.946 bits per heavy atom. The van der Waals surface area contributed by atoms with Crippen LogP contribution in [0, 0.1) is 0 Å². The summed E-state index contributed by atoms with van der Waals surface area (Å²) < 4.78 is 0. The van der Waals surface area contributed by atoms with Crippen molar-refractivity contribution in [2.45, 2.75) is 24.7 Å². The summed E-state index contributed by atoms with van der Waals surface area (Å²) in [5.41, 5.74) is 5.24. The Hall–Kier alpha value is -4.72. The molecule has 2 amide bonds. The first-order valence-electron chi connectivity index (χ1n) is 12.3. The average molecular weight is 490 g/mol. The Morgan fingerprint density at radius 2 is 1.81 bits per heavy atom. The summed E-state index contributed by atoms with van der Waals surface area (Å²) in [4.78, 5) is 47.6. The first-order chi connectivity index (χ1) is 18.0. The highest BCUT2D eigenvalue weighted by Crippen LogP contribution is 2.47. The smallest absolute Gasteiger partial charge is 0.258 e. The van der Waals surface area contributed by atoms with Gasteiger partial charge in [0.15, 0.2) is 0 Å². The van der Waals surface area contributed by atoms with Crippen molar-refractivity contribution < 1.29 is 9.59 Å². The van der Waals surface area contributed by atoms with Gasteiger partial charge in [-0.2, -0.15) is 0 Å². The van der Waals surface area contributed by atoms with Crippen LogP contribution in [-0.4, -0.2) is 28.3 Å². The number of aromatic amines is 1. The molecule has 1 spiro atoms. The van der Waals surface area contributed by atoms with Gasteiger partial charge in [-0.05, 0) is 66.3 Å². The van der Waals surface area contributed by atoms with Crippen LogP contribution in [0.1, 0.15) is 32.6 Å². The molecule has 2 aliphatic heterocycles. The second kappa shape index (κ2) is 7.89. The molecule has 2 aromatic carbocycles. The van der Waals surface area contributed by atoms with Crippen LogP contribution in [0.2, 0.25) is 0 Å². The predicted octanol–water partition coefficient (Wildman–Crippen LogP) is 3.71. The number of carbonyl (C=O) groups is 2. The van der Waals surface area contributed by atoms with Gasteiger partial charge in [-0.25, -0.2) is 4.98 Å². The van der Waals surface area contributed by atoms with E-state index in [0.717, 1.165) is 40.0 Å². The number of anilines is 4. The maximum absolute atomic E-state index is 13.3. The molecule has 8 nitrogen and oxygen atoms in total. The van der Waals surface area contributed by atoms with Crippen molar-refractivity contribution in [1.82, 2.24) is 9.97 Å². The lowest BCUT2D eigenvalue weighted by Gasteiger charge is -2.20. The number of hydrogen-bond acceptors (Lipinski definition) is 5. The van der Waals surface area contributed by atoms with E-state index in [9.17, 15) is 14.4 Å². The number of amides is 2. The van der Waals surface area contributed by atoms with Crippen molar-refractivity contribution in [2.24, 2.45) is 0 Å². The van der Waals surface area contributed by atoms with Gasteiger partial charge in [-0.15, -0.1) is 0 Å². The van der Waals surface area contributed by atoms with Crippen LogP contribution in [-0.2, 0) is 29.5 Å². The minimum atomic E-state index is -0.642. The molecule has 4 heterocycles. The van der Waals surface area contributed by atoms with Crippen LogP contribution in [0.15, 0.2) is 77.7 Å². The SMILES string of the molecule is O=C(c1cc(Nc2ccc3c(c2)CC2(C3)C(=O)Nc3ncccc32)[nH]c(=O)c1)N1CCc2ccccc21. The summed E-state index contributed by atoms with van der Waals surface area (Å²) in [6.45, 7) is 0.590. The summed E-state index contributed by atoms with van der Waals surface area (Å²) >= 11 is 0. The van der Waals surface area contributed by atoms with Crippen molar-refractivity contribution in [3.8, 4) is 0 Å². The number of H-pyrrole nitrogens is 1. The van der Waals surface area contributed by atoms with E-state index < -0.39 is 5.41 Å². The molecule has 4 aromatic rings. The van der Waals surface area contributed by atoms with Crippen LogP contribution in [0.5, 0.6) is 0 Å². The number of fused-ring (bicyclic) bond motifs is 4. The van der Waals surface area contributed by atoms with Crippen LogP contribution in [0.25, 0.3) is 0 Å². The number of nitrogens with zero attached hydrogens (tertiary/aromatic N) is 2. The van der Waals surface area contributed by atoms with Crippen LogP contribution in [0.3, 0.4) is 0 Å². The third-order valence-corrected chi connectivity index (χ3v) is 7.68. The number of nitrogens with one attached hydrogen (secondary N) is 3. The Balaban J connectivity index is 1.16. The van der Waals surface area contributed by atoms with Gasteiger partial charge in [0.05, 0.1) is 5.41 Å². The third-order valence-electron chi connectivity index (χ3n) is 7.68. The molecule has 2 aromatic heterocycles. The molecule has 1 aliphatic carbocycles. The second-order valence-electron chi connectivity index (χ2n) is 9.88. The summed E-state index contributed by atoms with van der Waals surface area (Å²) in [6, 6.07) is 20.6. The lowest BCUT2D eigenvalue weighted by Crippen LogP contribution is -2.35. The van der Waals surface area contributed by atoms with Crippen molar-refractivity contribution in [2.75, 3.05) is 22.1 Å². The highest BCUT2D eigenvalue weighted by Gasteiger charge is 2.51. The minimum Gasteiger partial charge on any atom is -0.342 e. The number of para-hydroxylation sites is 1. The number of rotatable bonds is 3. The van der Waals surface area contributed by atoms with E-state index in [1.165, 1.54) is 6.07 Å². The van der Waals surface area contributed by atoms with E-state index in [-0.39, 0.29) is 17.4 Å². The van der Waals surface area contributed by atoms with Crippen molar-refractivity contribution in [3.05, 3.63) is 111 Å². The largest absolute Gasteiger partial charge is 0.342 e. The van der Waals surface area contributed by atoms with Crippen LogP contribution >= 0.6 is 0 Å². The van der Waals surface area contributed by atoms with Gasteiger partial charge in [0, 0.05) is 41.3 Å². The molecule has 0 bridgehead atoms. The molecule has 0 fully saturated rings. The molecule has 0 radical (unpaired) electrons. The molecule has 3 N–H and O–H groups in total.